The second-order valence-electron chi connectivity index (χ2n) is 9.64. The zero-order valence-corrected chi connectivity index (χ0v) is 23.6. The van der Waals surface area contributed by atoms with E-state index in [1.54, 1.807) is 14.1 Å². The Morgan fingerprint density at radius 3 is 2.73 bits per heavy atom. The van der Waals surface area contributed by atoms with Crippen LogP contribution in [0.15, 0.2) is 59.8 Å². The van der Waals surface area contributed by atoms with E-state index >= 15 is 0 Å². The lowest BCUT2D eigenvalue weighted by molar-refractivity contribution is -0.123. The number of anilines is 1. The number of aromatic nitrogens is 5. The SMILES string of the molecule is CN(C)C(=O)C=CCCC(NC(=O)O)C(=O)Nc1cccn(Cc2nc3c(OCc4ccc(F)cc4F)ncnc3[nH]2)c1=O. The quantitative estimate of drug-likeness (QED) is 0.175. The Hall–Kier alpha value is -5.67. The maximum Gasteiger partial charge on any atom is 0.405 e. The molecule has 0 aliphatic heterocycles. The predicted molar refractivity (Wildman–Crippen MR) is 153 cm³/mol. The number of carbonyl (C=O) groups is 3. The number of carbonyl (C=O) groups excluding carboxylic acids is 2. The zero-order valence-electron chi connectivity index (χ0n) is 23.6. The molecule has 4 aromatic rings. The van der Waals surface area contributed by atoms with Crippen LogP contribution in [0.1, 0.15) is 24.2 Å². The Bertz CT molecular complexity index is 1770. The number of hydrogen-bond acceptors (Lipinski definition) is 8. The minimum Gasteiger partial charge on any atom is -0.471 e. The van der Waals surface area contributed by atoms with Gasteiger partial charge < -0.3 is 34.9 Å². The Morgan fingerprint density at radius 1 is 1.20 bits per heavy atom. The van der Waals surface area contributed by atoms with E-state index in [0.29, 0.717) is 0 Å². The minimum absolute atomic E-state index is 0.0347. The maximum absolute atomic E-state index is 14.0. The number of fused-ring (bicyclic) bond motifs is 1. The van der Waals surface area contributed by atoms with E-state index < -0.39 is 35.2 Å². The second-order valence-corrected chi connectivity index (χ2v) is 9.64. The first-order valence-electron chi connectivity index (χ1n) is 13.2. The van der Waals surface area contributed by atoms with Crippen LogP contribution in [0.4, 0.5) is 19.3 Å². The smallest absolute Gasteiger partial charge is 0.405 e. The van der Waals surface area contributed by atoms with Gasteiger partial charge in [0.15, 0.2) is 11.2 Å². The monoisotopic (exact) mass is 610 g/mol. The van der Waals surface area contributed by atoms with Crippen LogP contribution in [0.25, 0.3) is 11.2 Å². The van der Waals surface area contributed by atoms with Crippen LogP contribution < -0.4 is 20.9 Å². The average molecular weight is 611 g/mol. The number of pyridine rings is 1. The van der Waals surface area contributed by atoms with Crippen molar-refractivity contribution in [2.75, 3.05) is 19.4 Å². The van der Waals surface area contributed by atoms with Crippen molar-refractivity contribution in [2.24, 2.45) is 0 Å². The fourth-order valence-corrected chi connectivity index (χ4v) is 3.97. The van der Waals surface area contributed by atoms with E-state index in [1.165, 1.54) is 52.3 Å². The van der Waals surface area contributed by atoms with Crippen LogP contribution in [0.3, 0.4) is 0 Å². The first-order valence-corrected chi connectivity index (χ1v) is 13.2. The zero-order chi connectivity index (χ0) is 31.8. The number of allylic oxidation sites excluding steroid dienone is 1. The second kappa shape index (κ2) is 14.0. The molecule has 230 valence electrons. The molecule has 1 unspecified atom stereocenters. The number of amides is 3. The Labute approximate surface area is 248 Å². The van der Waals surface area contributed by atoms with Gasteiger partial charge in [0.2, 0.25) is 17.7 Å². The number of imidazole rings is 1. The van der Waals surface area contributed by atoms with Crippen LogP contribution in [0.5, 0.6) is 5.88 Å². The van der Waals surface area contributed by atoms with Crippen LogP contribution in [-0.2, 0) is 22.7 Å². The molecular weight excluding hydrogens is 582 g/mol. The highest BCUT2D eigenvalue weighted by Gasteiger charge is 2.21. The highest BCUT2D eigenvalue weighted by molar-refractivity contribution is 5.96. The van der Waals surface area contributed by atoms with E-state index in [-0.39, 0.29) is 66.0 Å². The number of carboxylic acid groups (broad SMARTS) is 1. The van der Waals surface area contributed by atoms with Gasteiger partial charge >= 0.3 is 6.09 Å². The van der Waals surface area contributed by atoms with Crippen molar-refractivity contribution in [1.29, 1.82) is 0 Å². The Balaban J connectivity index is 1.46. The summed E-state index contributed by atoms with van der Waals surface area (Å²) in [6, 6.07) is 4.79. The summed E-state index contributed by atoms with van der Waals surface area (Å²) in [4.78, 5) is 65.8. The molecule has 0 fully saturated rings. The first-order chi connectivity index (χ1) is 21.0. The number of benzene rings is 1. The molecule has 3 aromatic heterocycles. The van der Waals surface area contributed by atoms with Crippen molar-refractivity contribution in [3.63, 3.8) is 0 Å². The lowest BCUT2D eigenvalue weighted by Crippen LogP contribution is -2.44. The van der Waals surface area contributed by atoms with Crippen LogP contribution in [-0.4, -0.2) is 72.6 Å². The minimum atomic E-state index is -1.43. The van der Waals surface area contributed by atoms with Gasteiger partial charge in [0.1, 0.15) is 42.1 Å². The van der Waals surface area contributed by atoms with Gasteiger partial charge in [0.05, 0.1) is 6.54 Å². The molecule has 16 heteroatoms. The third kappa shape index (κ3) is 7.99. The van der Waals surface area contributed by atoms with Gasteiger partial charge in [-0.2, -0.15) is 4.98 Å². The van der Waals surface area contributed by atoms with Crippen LogP contribution in [0.2, 0.25) is 0 Å². The lowest BCUT2D eigenvalue weighted by Gasteiger charge is -2.16. The van der Waals surface area contributed by atoms with Gasteiger partial charge in [-0.3, -0.25) is 14.4 Å². The molecule has 0 aliphatic carbocycles. The molecule has 1 atom stereocenters. The summed E-state index contributed by atoms with van der Waals surface area (Å²) < 4.78 is 34.1. The number of H-pyrrole nitrogens is 1. The predicted octanol–water partition coefficient (Wildman–Crippen LogP) is 2.42. The third-order valence-electron chi connectivity index (χ3n) is 6.21. The number of aromatic amines is 1. The largest absolute Gasteiger partial charge is 0.471 e. The highest BCUT2D eigenvalue weighted by atomic mass is 19.1. The van der Waals surface area contributed by atoms with E-state index in [4.69, 9.17) is 4.74 Å². The van der Waals surface area contributed by atoms with Crippen molar-refractivity contribution in [1.82, 2.24) is 34.7 Å². The van der Waals surface area contributed by atoms with Crippen molar-refractivity contribution < 1.29 is 33.0 Å². The Morgan fingerprint density at radius 2 is 2.00 bits per heavy atom. The van der Waals surface area contributed by atoms with E-state index in [0.717, 1.165) is 12.1 Å². The summed E-state index contributed by atoms with van der Waals surface area (Å²) >= 11 is 0. The van der Waals surface area contributed by atoms with Crippen molar-refractivity contribution in [3.8, 4) is 5.88 Å². The van der Waals surface area contributed by atoms with Gasteiger partial charge in [-0.15, -0.1) is 0 Å². The molecular formula is C28H28F2N8O6. The summed E-state index contributed by atoms with van der Waals surface area (Å²) in [5, 5.41) is 13.8. The number of ether oxygens (including phenoxy) is 1. The van der Waals surface area contributed by atoms with E-state index in [1.807, 2.05) is 0 Å². The normalized spacial score (nSPS) is 11.8. The van der Waals surface area contributed by atoms with Crippen LogP contribution >= 0.6 is 0 Å². The van der Waals surface area contributed by atoms with E-state index in [2.05, 4.69) is 30.6 Å². The molecule has 0 aliphatic rings. The maximum atomic E-state index is 14.0. The number of halogens is 2. The summed E-state index contributed by atoms with van der Waals surface area (Å²) in [5.74, 6) is -2.19. The topological polar surface area (TPSA) is 184 Å². The summed E-state index contributed by atoms with van der Waals surface area (Å²) in [7, 11) is 3.16. The van der Waals surface area contributed by atoms with Gasteiger partial charge in [-0.25, -0.2) is 23.5 Å². The molecule has 0 radical (unpaired) electrons. The fraction of sp³-hybridized carbons (Fsp3) is 0.250. The molecule has 0 saturated carbocycles. The van der Waals surface area contributed by atoms with Crippen molar-refractivity contribution in [3.05, 3.63) is 88.4 Å². The number of hydrogen-bond donors (Lipinski definition) is 4. The molecule has 1 aromatic carbocycles. The number of rotatable bonds is 12. The number of nitrogens with one attached hydrogen (secondary N) is 3. The van der Waals surface area contributed by atoms with Crippen molar-refractivity contribution >= 4 is 34.8 Å². The van der Waals surface area contributed by atoms with Crippen LogP contribution in [0, 0.1) is 11.6 Å². The summed E-state index contributed by atoms with van der Waals surface area (Å²) in [6.45, 7) is -0.323. The molecule has 0 bridgehead atoms. The molecule has 0 spiro atoms. The molecule has 3 amide bonds. The van der Waals surface area contributed by atoms with Gasteiger partial charge in [-0.1, -0.05) is 6.08 Å². The first kappa shape index (κ1) is 31.3. The highest BCUT2D eigenvalue weighted by Crippen LogP contribution is 2.21. The van der Waals surface area contributed by atoms with Gasteiger partial charge in [0.25, 0.3) is 5.56 Å². The number of likely N-dealkylation sites (N-methyl/N-ethyl adjacent to an activating group) is 1. The lowest BCUT2D eigenvalue weighted by atomic mass is 10.1. The summed E-state index contributed by atoms with van der Waals surface area (Å²) in [6.07, 6.45) is 4.34. The molecule has 14 nitrogen and oxygen atoms in total. The van der Waals surface area contributed by atoms with Gasteiger partial charge in [0, 0.05) is 31.9 Å². The fourth-order valence-electron chi connectivity index (χ4n) is 3.97. The molecule has 44 heavy (non-hydrogen) atoms. The standard InChI is InChI=1S/C28H28F2N8O6/c1-37(2)22(39)8-4-3-6-19(34-28(42)43)25(40)33-20-7-5-11-38(27(20)41)13-21-35-23-24(36-21)31-15-32-26(23)44-14-16-9-10-17(29)12-18(16)30/h4-5,7-12,15,19,34H,3,6,13-14H2,1-2H3,(H,33,40)(H,42,43)(H,31,32,35,36). The third-order valence-corrected chi connectivity index (χ3v) is 6.21. The molecule has 4 N–H and O–H groups in total. The number of nitrogens with zero attached hydrogens (tertiary/aromatic N) is 5. The van der Waals surface area contributed by atoms with E-state index in [9.17, 15) is 33.1 Å². The molecule has 4 rings (SSSR count). The summed E-state index contributed by atoms with van der Waals surface area (Å²) in [5.41, 5.74) is -0.0936. The average Bonchev–Trinajstić information content (AvgIpc) is 3.39. The van der Waals surface area contributed by atoms with Crippen molar-refractivity contribution in [2.45, 2.75) is 32.0 Å². The molecule has 0 saturated heterocycles. The molecule has 3 heterocycles. The Kier molecular flexibility index (Phi) is 9.95. The van der Waals surface area contributed by atoms with Gasteiger partial charge in [-0.05, 0) is 43.2 Å².